The van der Waals surface area contributed by atoms with E-state index in [-0.39, 0.29) is 5.91 Å². The van der Waals surface area contributed by atoms with Gasteiger partial charge in [-0.15, -0.1) is 0 Å². The van der Waals surface area contributed by atoms with Gasteiger partial charge in [-0.25, -0.2) is 0 Å². The Kier molecular flexibility index (Phi) is 4.88. The lowest BCUT2D eigenvalue weighted by molar-refractivity contribution is 0.102. The highest BCUT2D eigenvalue weighted by Crippen LogP contribution is 2.27. The van der Waals surface area contributed by atoms with Gasteiger partial charge >= 0.3 is 0 Å². The first-order valence-corrected chi connectivity index (χ1v) is 6.77. The summed E-state index contributed by atoms with van der Waals surface area (Å²) in [7, 11) is 4.67. The third-order valence-corrected chi connectivity index (χ3v) is 3.32. The Morgan fingerprint density at radius 2 is 1.64 bits per heavy atom. The molecule has 0 spiro atoms. The Hall–Kier alpha value is -2.69. The van der Waals surface area contributed by atoms with Crippen molar-refractivity contribution in [3.05, 3.63) is 47.5 Å². The molecular formula is C17H19NO4. The van der Waals surface area contributed by atoms with Crippen LogP contribution in [0.1, 0.15) is 15.9 Å². The van der Waals surface area contributed by atoms with Crippen molar-refractivity contribution in [2.24, 2.45) is 0 Å². The average molecular weight is 301 g/mol. The monoisotopic (exact) mass is 301 g/mol. The van der Waals surface area contributed by atoms with Crippen molar-refractivity contribution < 1.29 is 19.0 Å². The molecule has 0 fully saturated rings. The normalized spacial score (nSPS) is 10.0. The number of aryl methyl sites for hydroxylation is 1. The summed E-state index contributed by atoms with van der Waals surface area (Å²) >= 11 is 0. The Morgan fingerprint density at radius 1 is 0.909 bits per heavy atom. The highest BCUT2D eigenvalue weighted by molar-refractivity contribution is 6.06. The summed E-state index contributed by atoms with van der Waals surface area (Å²) in [6.07, 6.45) is 0. The van der Waals surface area contributed by atoms with Crippen LogP contribution in [0.3, 0.4) is 0 Å². The van der Waals surface area contributed by atoms with Gasteiger partial charge in [0.2, 0.25) is 0 Å². The number of methoxy groups -OCH3 is 3. The van der Waals surface area contributed by atoms with E-state index in [1.54, 1.807) is 38.5 Å². The van der Waals surface area contributed by atoms with Gasteiger partial charge in [0.1, 0.15) is 17.2 Å². The molecule has 0 aliphatic heterocycles. The minimum absolute atomic E-state index is 0.259. The van der Waals surface area contributed by atoms with Crippen molar-refractivity contribution in [3.63, 3.8) is 0 Å². The highest BCUT2D eigenvalue weighted by Gasteiger charge is 2.14. The van der Waals surface area contributed by atoms with Gasteiger partial charge < -0.3 is 19.5 Å². The Morgan fingerprint density at radius 3 is 2.27 bits per heavy atom. The molecule has 0 unspecified atom stereocenters. The lowest BCUT2D eigenvalue weighted by Crippen LogP contribution is -2.13. The van der Waals surface area contributed by atoms with E-state index < -0.39 is 0 Å². The molecule has 2 aromatic carbocycles. The standard InChI is InChI=1S/C17H19NO4/c1-11-5-6-12(9-15(11)21-3)18-17(19)14-8-7-13(20-2)10-16(14)22-4/h5-10H,1-4H3,(H,18,19). The average Bonchev–Trinajstić information content (AvgIpc) is 2.55. The van der Waals surface area contributed by atoms with E-state index in [4.69, 9.17) is 14.2 Å². The third-order valence-electron chi connectivity index (χ3n) is 3.32. The van der Waals surface area contributed by atoms with E-state index in [0.29, 0.717) is 22.7 Å². The number of nitrogens with one attached hydrogen (secondary N) is 1. The molecule has 0 radical (unpaired) electrons. The van der Waals surface area contributed by atoms with Gasteiger partial charge in [-0.3, -0.25) is 4.79 Å². The van der Waals surface area contributed by atoms with Gasteiger partial charge in [-0.05, 0) is 30.7 Å². The SMILES string of the molecule is COc1ccc(C(=O)Nc2ccc(C)c(OC)c2)c(OC)c1. The summed E-state index contributed by atoms with van der Waals surface area (Å²) in [5.74, 6) is 1.55. The van der Waals surface area contributed by atoms with E-state index in [0.717, 1.165) is 11.3 Å². The number of anilines is 1. The summed E-state index contributed by atoms with van der Waals surface area (Å²) in [6.45, 7) is 1.94. The zero-order chi connectivity index (χ0) is 16.1. The predicted molar refractivity (Wildman–Crippen MR) is 85.2 cm³/mol. The number of amides is 1. The number of hydrogen-bond donors (Lipinski definition) is 1. The number of benzene rings is 2. The molecule has 0 heterocycles. The van der Waals surface area contributed by atoms with E-state index in [9.17, 15) is 4.79 Å². The molecular weight excluding hydrogens is 282 g/mol. The second-order valence-electron chi connectivity index (χ2n) is 4.70. The van der Waals surface area contributed by atoms with Crippen molar-refractivity contribution in [1.82, 2.24) is 0 Å². The van der Waals surface area contributed by atoms with Crippen molar-refractivity contribution in [2.45, 2.75) is 6.92 Å². The first-order valence-electron chi connectivity index (χ1n) is 6.77. The molecule has 0 bridgehead atoms. The molecule has 1 N–H and O–H groups in total. The van der Waals surface area contributed by atoms with Gasteiger partial charge in [0, 0.05) is 17.8 Å². The van der Waals surface area contributed by atoms with Crippen LogP contribution in [0.25, 0.3) is 0 Å². The lowest BCUT2D eigenvalue weighted by atomic mass is 10.1. The fourth-order valence-corrected chi connectivity index (χ4v) is 2.08. The zero-order valence-electron chi connectivity index (χ0n) is 13.1. The van der Waals surface area contributed by atoms with Gasteiger partial charge in [-0.2, -0.15) is 0 Å². The molecule has 0 atom stereocenters. The Bertz CT molecular complexity index is 682. The van der Waals surface area contributed by atoms with Crippen LogP contribution in [-0.2, 0) is 0 Å². The highest BCUT2D eigenvalue weighted by atomic mass is 16.5. The van der Waals surface area contributed by atoms with Gasteiger partial charge in [0.15, 0.2) is 0 Å². The second-order valence-corrected chi connectivity index (χ2v) is 4.70. The molecule has 2 rings (SSSR count). The maximum atomic E-state index is 12.4. The summed E-state index contributed by atoms with van der Waals surface area (Å²) < 4.78 is 15.6. The van der Waals surface area contributed by atoms with E-state index in [2.05, 4.69) is 5.32 Å². The number of carbonyl (C=O) groups excluding carboxylic acids is 1. The van der Waals surface area contributed by atoms with Crippen LogP contribution < -0.4 is 19.5 Å². The minimum atomic E-state index is -0.259. The molecule has 0 aliphatic carbocycles. The summed E-state index contributed by atoms with van der Waals surface area (Å²) in [4.78, 5) is 12.4. The van der Waals surface area contributed by atoms with Crippen molar-refractivity contribution in [1.29, 1.82) is 0 Å². The summed E-state index contributed by atoms with van der Waals surface area (Å²) in [5, 5.41) is 2.83. The summed E-state index contributed by atoms with van der Waals surface area (Å²) in [5.41, 5.74) is 2.09. The molecule has 0 aliphatic rings. The second kappa shape index (κ2) is 6.85. The maximum absolute atomic E-state index is 12.4. The van der Waals surface area contributed by atoms with Crippen LogP contribution in [0, 0.1) is 6.92 Å². The lowest BCUT2D eigenvalue weighted by Gasteiger charge is -2.12. The van der Waals surface area contributed by atoms with E-state index in [1.165, 1.54) is 7.11 Å². The van der Waals surface area contributed by atoms with E-state index in [1.807, 2.05) is 19.1 Å². The molecule has 5 nitrogen and oxygen atoms in total. The fraction of sp³-hybridized carbons (Fsp3) is 0.235. The van der Waals surface area contributed by atoms with Crippen molar-refractivity contribution in [2.75, 3.05) is 26.6 Å². The Labute approximate surface area is 129 Å². The molecule has 0 aromatic heterocycles. The van der Waals surface area contributed by atoms with Crippen molar-refractivity contribution in [3.8, 4) is 17.2 Å². The van der Waals surface area contributed by atoms with Crippen LogP contribution >= 0.6 is 0 Å². The van der Waals surface area contributed by atoms with Crippen LogP contribution in [0.15, 0.2) is 36.4 Å². The summed E-state index contributed by atoms with van der Waals surface area (Å²) in [6, 6.07) is 10.5. The molecule has 2 aromatic rings. The van der Waals surface area contributed by atoms with Crippen LogP contribution in [0.2, 0.25) is 0 Å². The quantitative estimate of drug-likeness (QED) is 0.921. The molecule has 5 heteroatoms. The zero-order valence-corrected chi connectivity index (χ0v) is 13.1. The predicted octanol–water partition coefficient (Wildman–Crippen LogP) is 3.27. The Balaban J connectivity index is 2.25. The topological polar surface area (TPSA) is 56.8 Å². The molecule has 116 valence electrons. The van der Waals surface area contributed by atoms with Gasteiger partial charge in [0.05, 0.1) is 26.9 Å². The molecule has 22 heavy (non-hydrogen) atoms. The fourth-order valence-electron chi connectivity index (χ4n) is 2.08. The first-order chi connectivity index (χ1) is 10.6. The molecule has 1 amide bonds. The maximum Gasteiger partial charge on any atom is 0.259 e. The van der Waals surface area contributed by atoms with Crippen molar-refractivity contribution >= 4 is 11.6 Å². The van der Waals surface area contributed by atoms with Gasteiger partial charge in [-0.1, -0.05) is 6.07 Å². The number of rotatable bonds is 5. The molecule has 0 saturated heterocycles. The largest absolute Gasteiger partial charge is 0.497 e. The van der Waals surface area contributed by atoms with Crippen LogP contribution in [-0.4, -0.2) is 27.2 Å². The first kappa shape index (κ1) is 15.7. The number of ether oxygens (including phenoxy) is 3. The smallest absolute Gasteiger partial charge is 0.259 e. The minimum Gasteiger partial charge on any atom is -0.497 e. The third kappa shape index (κ3) is 3.31. The van der Waals surface area contributed by atoms with Crippen LogP contribution in [0.4, 0.5) is 5.69 Å². The number of carbonyl (C=O) groups is 1. The van der Waals surface area contributed by atoms with Gasteiger partial charge in [0.25, 0.3) is 5.91 Å². The van der Waals surface area contributed by atoms with E-state index >= 15 is 0 Å². The number of hydrogen-bond acceptors (Lipinski definition) is 4. The van der Waals surface area contributed by atoms with Crippen LogP contribution in [0.5, 0.6) is 17.2 Å². The molecule has 0 saturated carbocycles.